The zero-order chi connectivity index (χ0) is 21.2. The van der Waals surface area contributed by atoms with Crippen molar-refractivity contribution < 1.29 is 27.6 Å². The molecule has 1 fully saturated rings. The van der Waals surface area contributed by atoms with E-state index in [-0.39, 0.29) is 18.8 Å². The van der Waals surface area contributed by atoms with Crippen molar-refractivity contribution in [1.29, 1.82) is 5.26 Å². The Labute approximate surface area is 164 Å². The molecule has 2 aromatic carbocycles. The molecule has 0 aromatic heterocycles. The molecule has 2 aromatic rings. The first-order valence-corrected chi connectivity index (χ1v) is 8.59. The maximum absolute atomic E-state index is 13.2. The molecule has 1 aliphatic heterocycles. The van der Waals surface area contributed by atoms with Crippen molar-refractivity contribution in [2.75, 3.05) is 18.1 Å². The van der Waals surface area contributed by atoms with Crippen LogP contribution < -0.4 is 9.64 Å². The number of benzene rings is 2. The normalized spacial score (nSPS) is 19.1. The van der Waals surface area contributed by atoms with Gasteiger partial charge in [-0.3, -0.25) is 10.1 Å². The van der Waals surface area contributed by atoms with E-state index in [2.05, 4.69) is 0 Å². The summed E-state index contributed by atoms with van der Waals surface area (Å²) in [7, 11) is 0. The molecular formula is C19H16F3N3O4. The fourth-order valence-electron chi connectivity index (χ4n) is 3.07. The number of hydrogen-bond donors (Lipinski definition) is 0. The third-order valence-corrected chi connectivity index (χ3v) is 4.47. The van der Waals surface area contributed by atoms with Crippen LogP contribution in [-0.4, -0.2) is 30.4 Å². The van der Waals surface area contributed by atoms with E-state index in [9.17, 15) is 23.3 Å². The van der Waals surface area contributed by atoms with Crippen molar-refractivity contribution in [1.82, 2.24) is 0 Å². The fourth-order valence-corrected chi connectivity index (χ4v) is 3.07. The zero-order valence-electron chi connectivity index (χ0n) is 15.2. The SMILES string of the molecule is C[C@@H]1O[C@H](COc2ccc([N+](=O)[O-])cc2)CN1c1ccc(C#N)c(C(F)(F)F)c1. The number of rotatable bonds is 5. The molecule has 10 heteroatoms. The molecule has 152 valence electrons. The monoisotopic (exact) mass is 407 g/mol. The molecule has 0 saturated carbocycles. The third kappa shape index (κ3) is 4.57. The van der Waals surface area contributed by atoms with Gasteiger partial charge in [0.15, 0.2) is 0 Å². The quantitative estimate of drug-likeness (QED) is 0.547. The Morgan fingerprint density at radius 3 is 2.59 bits per heavy atom. The molecule has 0 aliphatic carbocycles. The van der Waals surface area contributed by atoms with Crippen molar-refractivity contribution in [3.63, 3.8) is 0 Å². The van der Waals surface area contributed by atoms with E-state index in [4.69, 9.17) is 14.7 Å². The number of alkyl halides is 3. The lowest BCUT2D eigenvalue weighted by molar-refractivity contribution is -0.384. The van der Waals surface area contributed by atoms with Gasteiger partial charge in [-0.15, -0.1) is 0 Å². The van der Waals surface area contributed by atoms with Gasteiger partial charge >= 0.3 is 6.18 Å². The number of nitrogens with zero attached hydrogens (tertiary/aromatic N) is 3. The number of hydrogen-bond acceptors (Lipinski definition) is 6. The molecule has 0 unspecified atom stereocenters. The first-order valence-electron chi connectivity index (χ1n) is 8.59. The van der Waals surface area contributed by atoms with Crippen LogP contribution in [0.2, 0.25) is 0 Å². The molecule has 7 nitrogen and oxygen atoms in total. The van der Waals surface area contributed by atoms with Crippen LogP contribution in [0.15, 0.2) is 42.5 Å². The minimum absolute atomic E-state index is 0.0597. The topological polar surface area (TPSA) is 88.6 Å². The summed E-state index contributed by atoms with van der Waals surface area (Å²) in [6, 6.07) is 10.7. The lowest BCUT2D eigenvalue weighted by atomic mass is 10.1. The van der Waals surface area contributed by atoms with E-state index in [1.165, 1.54) is 30.3 Å². The largest absolute Gasteiger partial charge is 0.491 e. The number of anilines is 1. The number of nitro benzene ring substituents is 1. The highest BCUT2D eigenvalue weighted by atomic mass is 19.4. The first-order chi connectivity index (χ1) is 13.7. The van der Waals surface area contributed by atoms with Gasteiger partial charge in [-0.1, -0.05) is 0 Å². The molecule has 1 saturated heterocycles. The molecular weight excluding hydrogens is 391 g/mol. The Kier molecular flexibility index (Phi) is 5.61. The van der Waals surface area contributed by atoms with Gasteiger partial charge in [0.1, 0.15) is 24.7 Å². The fraction of sp³-hybridized carbons (Fsp3) is 0.316. The van der Waals surface area contributed by atoms with E-state index >= 15 is 0 Å². The van der Waals surface area contributed by atoms with Gasteiger partial charge in [0.2, 0.25) is 0 Å². The molecule has 29 heavy (non-hydrogen) atoms. The standard InChI is InChI=1S/C19H16F3N3O4/c1-12-24(15-3-2-13(9-23)18(8-15)19(20,21)22)10-17(29-12)11-28-16-6-4-14(5-7-16)25(26)27/h2-8,12,17H,10-11H2,1H3/t12-,17-/m0/s1. The second kappa shape index (κ2) is 7.97. The molecule has 0 bridgehead atoms. The summed E-state index contributed by atoms with van der Waals surface area (Å²) in [5, 5.41) is 19.6. The summed E-state index contributed by atoms with van der Waals surface area (Å²) in [6.07, 6.45) is -5.54. The van der Waals surface area contributed by atoms with Gasteiger partial charge in [0.05, 0.1) is 28.7 Å². The average molecular weight is 407 g/mol. The summed E-state index contributed by atoms with van der Waals surface area (Å²) in [5.41, 5.74) is -1.19. The van der Waals surface area contributed by atoms with Crippen LogP contribution in [0.5, 0.6) is 5.75 Å². The molecule has 0 amide bonds. The summed E-state index contributed by atoms with van der Waals surface area (Å²) in [5.74, 6) is 0.419. The van der Waals surface area contributed by atoms with E-state index in [1.807, 2.05) is 0 Å². The Morgan fingerprint density at radius 1 is 1.31 bits per heavy atom. The summed E-state index contributed by atoms with van der Waals surface area (Å²) in [4.78, 5) is 11.8. The number of nitriles is 1. The smallest absolute Gasteiger partial charge is 0.417 e. The van der Waals surface area contributed by atoms with Crippen molar-refractivity contribution in [3.8, 4) is 11.8 Å². The predicted octanol–water partition coefficient (Wildman–Crippen LogP) is 4.12. The summed E-state index contributed by atoms with van der Waals surface area (Å²) < 4.78 is 50.9. The molecule has 1 aliphatic rings. The van der Waals surface area contributed by atoms with Crippen molar-refractivity contribution >= 4 is 11.4 Å². The van der Waals surface area contributed by atoms with Gasteiger partial charge in [-0.05, 0) is 37.3 Å². The molecule has 1 heterocycles. The number of nitro groups is 1. The van der Waals surface area contributed by atoms with E-state index in [0.717, 1.165) is 12.1 Å². The minimum atomic E-state index is -4.64. The highest BCUT2D eigenvalue weighted by molar-refractivity contribution is 5.55. The zero-order valence-corrected chi connectivity index (χ0v) is 15.2. The van der Waals surface area contributed by atoms with Crippen LogP contribution in [0.3, 0.4) is 0 Å². The molecule has 3 rings (SSSR count). The summed E-state index contributed by atoms with van der Waals surface area (Å²) in [6.45, 7) is 2.12. The van der Waals surface area contributed by atoms with Crippen LogP contribution in [-0.2, 0) is 10.9 Å². The Balaban J connectivity index is 1.68. The first kappa shape index (κ1) is 20.4. The van der Waals surface area contributed by atoms with Crippen molar-refractivity contribution in [2.45, 2.75) is 25.4 Å². The van der Waals surface area contributed by atoms with Gasteiger partial charge in [0, 0.05) is 17.8 Å². The molecule has 2 atom stereocenters. The second-order valence-electron chi connectivity index (χ2n) is 6.41. The van der Waals surface area contributed by atoms with Crippen LogP contribution in [0.4, 0.5) is 24.5 Å². The number of non-ortho nitro benzene ring substituents is 1. The highest BCUT2D eigenvalue weighted by Gasteiger charge is 2.36. The number of ether oxygens (including phenoxy) is 2. The number of halogens is 3. The third-order valence-electron chi connectivity index (χ3n) is 4.47. The van der Waals surface area contributed by atoms with Gasteiger partial charge in [-0.25, -0.2) is 0 Å². The van der Waals surface area contributed by atoms with Crippen molar-refractivity contribution in [3.05, 3.63) is 63.7 Å². The van der Waals surface area contributed by atoms with E-state index < -0.39 is 34.6 Å². The lowest BCUT2D eigenvalue weighted by Crippen LogP contribution is -2.28. The van der Waals surface area contributed by atoms with Crippen LogP contribution in [0.1, 0.15) is 18.1 Å². The maximum atomic E-state index is 13.2. The van der Waals surface area contributed by atoms with E-state index in [0.29, 0.717) is 11.4 Å². The lowest BCUT2D eigenvalue weighted by Gasteiger charge is -2.23. The minimum Gasteiger partial charge on any atom is -0.491 e. The molecule has 0 N–H and O–H groups in total. The van der Waals surface area contributed by atoms with E-state index in [1.54, 1.807) is 17.9 Å². The van der Waals surface area contributed by atoms with Gasteiger partial charge in [-0.2, -0.15) is 18.4 Å². The van der Waals surface area contributed by atoms with Gasteiger partial charge in [0.25, 0.3) is 5.69 Å². The maximum Gasteiger partial charge on any atom is 0.417 e. The van der Waals surface area contributed by atoms with Crippen LogP contribution in [0, 0.1) is 21.4 Å². The Bertz CT molecular complexity index is 941. The predicted molar refractivity (Wildman–Crippen MR) is 96.4 cm³/mol. The second-order valence-corrected chi connectivity index (χ2v) is 6.41. The van der Waals surface area contributed by atoms with Crippen LogP contribution in [0.25, 0.3) is 0 Å². The molecule has 0 spiro atoms. The van der Waals surface area contributed by atoms with Gasteiger partial charge < -0.3 is 14.4 Å². The van der Waals surface area contributed by atoms with Crippen molar-refractivity contribution in [2.24, 2.45) is 0 Å². The Hall–Kier alpha value is -3.32. The highest BCUT2D eigenvalue weighted by Crippen LogP contribution is 2.36. The Morgan fingerprint density at radius 2 is 2.00 bits per heavy atom. The van der Waals surface area contributed by atoms with Crippen LogP contribution >= 0.6 is 0 Å². The molecule has 0 radical (unpaired) electrons. The average Bonchev–Trinajstić information content (AvgIpc) is 3.06. The summed E-state index contributed by atoms with van der Waals surface area (Å²) >= 11 is 0.